The Kier molecular flexibility index (Phi) is 5.88. The van der Waals surface area contributed by atoms with E-state index in [4.69, 9.17) is 9.47 Å². The van der Waals surface area contributed by atoms with Crippen LogP contribution >= 0.6 is 15.9 Å². The lowest BCUT2D eigenvalue weighted by atomic mass is 10.1. The molecule has 1 aliphatic heterocycles. The fourth-order valence-corrected chi connectivity index (χ4v) is 2.80. The van der Waals surface area contributed by atoms with Crippen LogP contribution in [0.25, 0.3) is 6.08 Å². The van der Waals surface area contributed by atoms with Gasteiger partial charge in [-0.05, 0) is 60.0 Å². The summed E-state index contributed by atoms with van der Waals surface area (Å²) in [5.74, 6) is 0.837. The van der Waals surface area contributed by atoms with Gasteiger partial charge in [0.05, 0.1) is 17.7 Å². The van der Waals surface area contributed by atoms with Crippen molar-refractivity contribution in [1.29, 1.82) is 0 Å². The minimum absolute atomic E-state index is 0.0493. The van der Waals surface area contributed by atoms with Gasteiger partial charge in [-0.15, -0.1) is 0 Å². The predicted molar refractivity (Wildman–Crippen MR) is 95.0 cm³/mol. The van der Waals surface area contributed by atoms with Gasteiger partial charge in [-0.2, -0.15) is 0 Å². The largest absolute Gasteiger partial charge is 0.493 e. The van der Waals surface area contributed by atoms with E-state index in [0.29, 0.717) is 18.0 Å². The third kappa shape index (κ3) is 3.72. The highest BCUT2D eigenvalue weighted by molar-refractivity contribution is 9.10. The van der Waals surface area contributed by atoms with Gasteiger partial charge in [-0.3, -0.25) is 9.69 Å². The molecule has 0 saturated carbocycles. The lowest BCUT2D eigenvalue weighted by Gasteiger charge is -2.17. The van der Waals surface area contributed by atoms with Crippen molar-refractivity contribution in [3.05, 3.63) is 27.9 Å². The van der Waals surface area contributed by atoms with Crippen molar-refractivity contribution in [2.75, 3.05) is 13.7 Å². The number of hydrogen-bond acceptors (Lipinski definition) is 4. The van der Waals surface area contributed by atoms with Gasteiger partial charge >= 0.3 is 6.03 Å². The van der Waals surface area contributed by atoms with Crippen LogP contribution in [0, 0.1) is 0 Å². The van der Waals surface area contributed by atoms with Crippen molar-refractivity contribution in [2.45, 2.75) is 33.3 Å². The Bertz CT molecular complexity index is 687. The van der Waals surface area contributed by atoms with Crippen LogP contribution in [0.2, 0.25) is 0 Å². The molecule has 2 rings (SSSR count). The van der Waals surface area contributed by atoms with Gasteiger partial charge in [0.1, 0.15) is 5.70 Å². The highest BCUT2D eigenvalue weighted by Crippen LogP contribution is 2.38. The zero-order chi connectivity index (χ0) is 17.9. The second-order valence-electron chi connectivity index (χ2n) is 5.41. The topological polar surface area (TPSA) is 67.9 Å². The molecule has 0 bridgehead atoms. The van der Waals surface area contributed by atoms with Crippen LogP contribution in [0.3, 0.4) is 0 Å². The number of amides is 3. The van der Waals surface area contributed by atoms with E-state index in [0.717, 1.165) is 21.4 Å². The first kappa shape index (κ1) is 18.3. The van der Waals surface area contributed by atoms with Crippen LogP contribution in [0.5, 0.6) is 11.5 Å². The van der Waals surface area contributed by atoms with E-state index in [1.807, 2.05) is 19.9 Å². The number of carbonyl (C=O) groups is 2. The molecule has 0 radical (unpaired) electrons. The van der Waals surface area contributed by atoms with E-state index in [2.05, 4.69) is 21.2 Å². The predicted octanol–water partition coefficient (Wildman–Crippen LogP) is 3.55. The molecule has 1 fully saturated rings. The van der Waals surface area contributed by atoms with Crippen molar-refractivity contribution in [3.8, 4) is 11.5 Å². The highest BCUT2D eigenvalue weighted by Gasteiger charge is 2.32. The van der Waals surface area contributed by atoms with Crippen LogP contribution < -0.4 is 14.8 Å². The number of methoxy groups -OCH3 is 1. The normalized spacial score (nSPS) is 17.2. The number of nitrogens with one attached hydrogen (secondary N) is 1. The van der Waals surface area contributed by atoms with Crippen molar-refractivity contribution >= 4 is 33.9 Å². The van der Waals surface area contributed by atoms with Gasteiger partial charge < -0.3 is 14.8 Å². The van der Waals surface area contributed by atoms with E-state index in [9.17, 15) is 9.59 Å². The number of likely N-dealkylation sites (N-methyl/N-ethyl adjacent to an activating group) is 1. The number of rotatable bonds is 6. The number of hydrogen-bond donors (Lipinski definition) is 1. The van der Waals surface area contributed by atoms with Crippen molar-refractivity contribution in [3.63, 3.8) is 0 Å². The molecular formula is C17H21BrN2O4. The molecule has 6 nitrogen and oxygen atoms in total. The Morgan fingerprint density at radius 2 is 2.04 bits per heavy atom. The van der Waals surface area contributed by atoms with Crippen LogP contribution in [0.1, 0.15) is 32.8 Å². The van der Waals surface area contributed by atoms with Crippen LogP contribution in [0.4, 0.5) is 4.79 Å². The minimum atomic E-state index is -0.406. The third-order valence-electron chi connectivity index (χ3n) is 3.74. The number of urea groups is 1. The summed E-state index contributed by atoms with van der Waals surface area (Å²) in [6.07, 6.45) is 2.54. The molecule has 1 aromatic rings. The summed E-state index contributed by atoms with van der Waals surface area (Å²) in [5.41, 5.74) is 0.961. The molecular weight excluding hydrogens is 376 g/mol. The molecule has 0 unspecified atom stereocenters. The maximum Gasteiger partial charge on any atom is 0.328 e. The average Bonchev–Trinajstić information content (AvgIpc) is 2.82. The summed E-state index contributed by atoms with van der Waals surface area (Å²) in [5, 5.41) is 2.58. The number of ether oxygens (including phenoxy) is 2. The smallest absolute Gasteiger partial charge is 0.328 e. The summed E-state index contributed by atoms with van der Waals surface area (Å²) < 4.78 is 12.0. The van der Waals surface area contributed by atoms with Crippen LogP contribution in [0.15, 0.2) is 22.3 Å². The van der Waals surface area contributed by atoms with E-state index in [1.165, 1.54) is 0 Å². The number of halogens is 1. The van der Waals surface area contributed by atoms with Crippen LogP contribution in [-0.2, 0) is 4.79 Å². The fourth-order valence-electron chi connectivity index (χ4n) is 2.25. The highest BCUT2D eigenvalue weighted by atomic mass is 79.9. The Morgan fingerprint density at radius 1 is 1.33 bits per heavy atom. The van der Waals surface area contributed by atoms with Crippen LogP contribution in [-0.4, -0.2) is 36.6 Å². The van der Waals surface area contributed by atoms with E-state index in [1.54, 1.807) is 26.2 Å². The lowest BCUT2D eigenvalue weighted by molar-refractivity contribution is -0.122. The summed E-state index contributed by atoms with van der Waals surface area (Å²) in [4.78, 5) is 25.0. The molecule has 0 spiro atoms. The van der Waals surface area contributed by atoms with Gasteiger partial charge in [-0.1, -0.05) is 6.92 Å². The molecule has 1 heterocycles. The van der Waals surface area contributed by atoms with Gasteiger partial charge in [0, 0.05) is 6.54 Å². The van der Waals surface area contributed by atoms with Gasteiger partial charge in [-0.25, -0.2) is 4.79 Å². The summed E-state index contributed by atoms with van der Waals surface area (Å²) in [7, 11) is 1.56. The standard InChI is InChI=1S/C17H21BrN2O4/c1-5-10(3)24-15-12(18)7-11(9-14(15)23-4)8-13-16(21)20(6-2)17(22)19-13/h7-10H,5-6H2,1-4H3,(H,19,22)/b13-8+/t10-/m1/s1. The second kappa shape index (κ2) is 7.70. The van der Waals surface area contributed by atoms with Crippen molar-refractivity contribution < 1.29 is 19.1 Å². The fraction of sp³-hybridized carbons (Fsp3) is 0.412. The number of imide groups is 1. The third-order valence-corrected chi connectivity index (χ3v) is 4.32. The molecule has 0 aliphatic carbocycles. The monoisotopic (exact) mass is 396 g/mol. The SMILES string of the molecule is CC[C@@H](C)Oc1c(Br)cc(/C=C2/NC(=O)N(CC)C2=O)cc1OC. The molecule has 0 aromatic heterocycles. The zero-order valence-corrected chi connectivity index (χ0v) is 15.8. The molecule has 1 aliphatic rings. The Balaban J connectivity index is 2.36. The summed E-state index contributed by atoms with van der Waals surface area (Å²) in [6.45, 7) is 6.10. The molecule has 1 aromatic carbocycles. The van der Waals surface area contributed by atoms with E-state index in [-0.39, 0.29) is 17.7 Å². The molecule has 3 amide bonds. The first-order valence-electron chi connectivity index (χ1n) is 7.79. The Hall–Kier alpha value is -2.02. The van der Waals surface area contributed by atoms with Gasteiger partial charge in [0.2, 0.25) is 0 Å². The second-order valence-corrected chi connectivity index (χ2v) is 6.26. The number of carbonyl (C=O) groups excluding carboxylic acids is 2. The first-order chi connectivity index (χ1) is 11.4. The van der Waals surface area contributed by atoms with Gasteiger partial charge in [0.25, 0.3) is 5.91 Å². The van der Waals surface area contributed by atoms with Crippen molar-refractivity contribution in [2.24, 2.45) is 0 Å². The van der Waals surface area contributed by atoms with E-state index < -0.39 is 6.03 Å². The minimum Gasteiger partial charge on any atom is -0.493 e. The maximum absolute atomic E-state index is 12.1. The molecule has 1 saturated heterocycles. The quantitative estimate of drug-likeness (QED) is 0.589. The number of benzene rings is 1. The van der Waals surface area contributed by atoms with E-state index >= 15 is 0 Å². The average molecular weight is 397 g/mol. The van der Waals surface area contributed by atoms with Crippen molar-refractivity contribution in [1.82, 2.24) is 10.2 Å². The maximum atomic E-state index is 12.1. The summed E-state index contributed by atoms with van der Waals surface area (Å²) in [6, 6.07) is 3.18. The molecule has 1 atom stereocenters. The zero-order valence-electron chi connectivity index (χ0n) is 14.2. The number of nitrogens with zero attached hydrogens (tertiary/aromatic N) is 1. The molecule has 7 heteroatoms. The lowest BCUT2D eigenvalue weighted by Crippen LogP contribution is -2.30. The molecule has 1 N–H and O–H groups in total. The Morgan fingerprint density at radius 3 is 2.58 bits per heavy atom. The Labute approximate surface area is 149 Å². The first-order valence-corrected chi connectivity index (χ1v) is 8.59. The molecule has 24 heavy (non-hydrogen) atoms. The molecule has 130 valence electrons. The summed E-state index contributed by atoms with van der Waals surface area (Å²) >= 11 is 3.48. The van der Waals surface area contributed by atoms with Gasteiger partial charge in [0.15, 0.2) is 11.5 Å².